The van der Waals surface area contributed by atoms with Gasteiger partial charge in [0.2, 0.25) is 11.8 Å². The van der Waals surface area contributed by atoms with E-state index in [4.69, 9.17) is 11.5 Å². The van der Waals surface area contributed by atoms with E-state index >= 15 is 0 Å². The molecule has 152 valence electrons. The van der Waals surface area contributed by atoms with Crippen LogP contribution in [0.3, 0.4) is 0 Å². The lowest BCUT2D eigenvalue weighted by molar-refractivity contribution is -0.125. The number of benzene rings is 1. The molecular weight excluding hydrogens is 346 g/mol. The lowest BCUT2D eigenvalue weighted by Gasteiger charge is -2.18. The molecule has 0 heterocycles. The van der Waals surface area contributed by atoms with Crippen molar-refractivity contribution in [2.75, 3.05) is 18.4 Å². The first-order valence-corrected chi connectivity index (χ1v) is 9.30. The van der Waals surface area contributed by atoms with Gasteiger partial charge >= 0.3 is 6.03 Å². The van der Waals surface area contributed by atoms with Crippen molar-refractivity contribution in [3.63, 3.8) is 0 Å². The molecule has 1 aromatic carbocycles. The van der Waals surface area contributed by atoms with Gasteiger partial charge in [0.25, 0.3) is 0 Å². The molecule has 8 heteroatoms. The van der Waals surface area contributed by atoms with Gasteiger partial charge in [0.1, 0.15) is 6.04 Å². The van der Waals surface area contributed by atoms with Gasteiger partial charge in [-0.1, -0.05) is 39.3 Å². The fraction of sp³-hybridized carbons (Fsp3) is 0.526. The number of aryl methyl sites for hydroxylation is 1. The minimum absolute atomic E-state index is 0.200. The lowest BCUT2D eigenvalue weighted by atomic mass is 10.1. The van der Waals surface area contributed by atoms with Crippen LogP contribution in [0.5, 0.6) is 0 Å². The zero-order valence-corrected chi connectivity index (χ0v) is 16.5. The maximum absolute atomic E-state index is 12.4. The molecule has 1 atom stereocenters. The van der Waals surface area contributed by atoms with E-state index in [2.05, 4.69) is 29.8 Å². The summed E-state index contributed by atoms with van der Waals surface area (Å²) in [6.45, 7) is 6.42. The van der Waals surface area contributed by atoms with Crippen LogP contribution >= 0.6 is 0 Å². The zero-order valence-electron chi connectivity index (χ0n) is 16.5. The fourth-order valence-electron chi connectivity index (χ4n) is 2.09. The van der Waals surface area contributed by atoms with Gasteiger partial charge in [-0.05, 0) is 37.0 Å². The highest BCUT2D eigenvalue weighted by molar-refractivity contribution is 5.97. The number of primary amides is 1. The molecule has 0 saturated carbocycles. The number of anilines is 1. The molecule has 0 saturated heterocycles. The maximum Gasteiger partial charge on any atom is 0.312 e. The Morgan fingerprint density at radius 3 is 2.15 bits per heavy atom. The number of carbonyl (C=O) groups is 3. The summed E-state index contributed by atoms with van der Waals surface area (Å²) in [5, 5.41) is 7.78. The number of rotatable bonds is 9. The van der Waals surface area contributed by atoms with E-state index in [1.165, 1.54) is 12.0 Å². The van der Waals surface area contributed by atoms with E-state index in [9.17, 15) is 14.4 Å². The van der Waals surface area contributed by atoms with Gasteiger partial charge in [-0.3, -0.25) is 9.59 Å². The van der Waals surface area contributed by atoms with Crippen molar-refractivity contribution < 1.29 is 14.4 Å². The lowest BCUT2D eigenvalue weighted by Crippen LogP contribution is -2.46. The zero-order chi connectivity index (χ0) is 20.7. The largest absolute Gasteiger partial charge is 0.352 e. The number of amides is 4. The van der Waals surface area contributed by atoms with Gasteiger partial charge in [-0.15, -0.1) is 0 Å². The monoisotopic (exact) mass is 379 g/mol. The molecule has 1 aromatic rings. The van der Waals surface area contributed by atoms with Crippen LogP contribution < -0.4 is 27.4 Å². The molecule has 0 fully saturated rings. The minimum atomic E-state index is -0.735. The number of carbonyl (C=O) groups excluding carboxylic acids is 3. The normalized spacial score (nSPS) is 10.8. The molecule has 4 amide bonds. The number of hydrogen-bond acceptors (Lipinski definition) is 4. The molecule has 0 spiro atoms. The Bertz CT molecular complexity index is 575. The van der Waals surface area contributed by atoms with Gasteiger partial charge in [0, 0.05) is 12.2 Å². The molecule has 8 nitrogen and oxygen atoms in total. The van der Waals surface area contributed by atoms with Crippen molar-refractivity contribution >= 4 is 23.5 Å². The van der Waals surface area contributed by atoms with Crippen molar-refractivity contribution in [2.45, 2.75) is 52.5 Å². The van der Waals surface area contributed by atoms with Crippen molar-refractivity contribution in [1.82, 2.24) is 10.6 Å². The van der Waals surface area contributed by atoms with E-state index in [0.29, 0.717) is 25.1 Å². The van der Waals surface area contributed by atoms with E-state index in [1.54, 1.807) is 0 Å². The topological polar surface area (TPSA) is 139 Å². The average Bonchev–Trinajstić information content (AvgIpc) is 2.65. The number of nitrogens with one attached hydrogen (secondary N) is 3. The summed E-state index contributed by atoms with van der Waals surface area (Å²) in [5.74, 6) is -0.750. The highest BCUT2D eigenvalue weighted by Gasteiger charge is 2.20. The summed E-state index contributed by atoms with van der Waals surface area (Å²) in [5.41, 5.74) is 12.1. The molecule has 1 rings (SSSR count). The van der Waals surface area contributed by atoms with Gasteiger partial charge in [-0.25, -0.2) is 4.79 Å². The smallest absolute Gasteiger partial charge is 0.312 e. The second-order valence-electron chi connectivity index (χ2n) is 6.00. The van der Waals surface area contributed by atoms with Crippen LogP contribution in [0.1, 0.15) is 45.6 Å². The molecule has 0 aromatic heterocycles. The quantitative estimate of drug-likeness (QED) is 0.415. The van der Waals surface area contributed by atoms with Gasteiger partial charge in [0.15, 0.2) is 0 Å². The molecule has 0 aliphatic rings. The van der Waals surface area contributed by atoms with Gasteiger partial charge in [-0.2, -0.15) is 0 Å². The first-order valence-electron chi connectivity index (χ1n) is 9.30. The van der Waals surface area contributed by atoms with Crippen molar-refractivity contribution in [1.29, 1.82) is 0 Å². The van der Waals surface area contributed by atoms with Crippen molar-refractivity contribution in [2.24, 2.45) is 11.5 Å². The fourth-order valence-corrected chi connectivity index (χ4v) is 2.09. The standard InChI is InChI=1S/C16H25N5O3.C3H8/c1-2-11-5-7-12(8-6-11)20-15(23)13(21-14(22)10-17)4-3-9-19-16(18)24;1-3-2/h5-8,13H,2-4,9-10,17H2,1H3,(H,20,23)(H,21,22)(H3,18,19,24);3H2,1-2H3. The number of hydrogen-bond donors (Lipinski definition) is 5. The number of nitrogens with two attached hydrogens (primary N) is 2. The Kier molecular flexibility index (Phi) is 13.1. The molecule has 27 heavy (non-hydrogen) atoms. The molecule has 0 aliphatic carbocycles. The third kappa shape index (κ3) is 11.6. The van der Waals surface area contributed by atoms with Gasteiger partial charge in [0.05, 0.1) is 6.54 Å². The van der Waals surface area contributed by atoms with Crippen LogP contribution in [0.4, 0.5) is 10.5 Å². The third-order valence-electron chi connectivity index (χ3n) is 3.44. The minimum Gasteiger partial charge on any atom is -0.352 e. The third-order valence-corrected chi connectivity index (χ3v) is 3.44. The van der Waals surface area contributed by atoms with Crippen LogP contribution in [0, 0.1) is 0 Å². The first-order chi connectivity index (χ1) is 12.9. The Balaban J connectivity index is 0.00000210. The summed E-state index contributed by atoms with van der Waals surface area (Å²) in [7, 11) is 0. The molecule has 0 radical (unpaired) electrons. The highest BCUT2D eigenvalue weighted by Crippen LogP contribution is 2.11. The maximum atomic E-state index is 12.4. The Morgan fingerprint density at radius 1 is 1.07 bits per heavy atom. The summed E-state index contributed by atoms with van der Waals surface area (Å²) in [6, 6.07) is 6.12. The Labute approximate surface area is 161 Å². The molecule has 0 aliphatic heterocycles. The molecular formula is C19H33N5O3. The first kappa shape index (κ1) is 24.4. The average molecular weight is 380 g/mol. The van der Waals surface area contributed by atoms with Crippen LogP contribution in [0.15, 0.2) is 24.3 Å². The van der Waals surface area contributed by atoms with Crippen molar-refractivity contribution in [3.05, 3.63) is 29.8 Å². The van der Waals surface area contributed by atoms with Crippen LogP contribution in [-0.4, -0.2) is 37.0 Å². The van der Waals surface area contributed by atoms with Gasteiger partial charge < -0.3 is 27.4 Å². The highest BCUT2D eigenvalue weighted by atomic mass is 16.2. The van der Waals surface area contributed by atoms with Crippen LogP contribution in [0.2, 0.25) is 0 Å². The van der Waals surface area contributed by atoms with E-state index < -0.39 is 18.0 Å². The molecule has 1 unspecified atom stereocenters. The Hall–Kier alpha value is -2.61. The summed E-state index contributed by atoms with van der Waals surface area (Å²) >= 11 is 0. The second kappa shape index (κ2) is 14.5. The summed E-state index contributed by atoms with van der Waals surface area (Å²) in [4.78, 5) is 34.5. The number of urea groups is 1. The molecule has 7 N–H and O–H groups in total. The predicted molar refractivity (Wildman–Crippen MR) is 108 cm³/mol. The SMILES string of the molecule is CCC.CCc1ccc(NC(=O)C(CCCNC(N)=O)NC(=O)CN)cc1. The Morgan fingerprint density at radius 2 is 1.67 bits per heavy atom. The van der Waals surface area contributed by atoms with Crippen LogP contribution in [0.25, 0.3) is 0 Å². The summed E-state index contributed by atoms with van der Waals surface area (Å²) < 4.78 is 0. The second-order valence-corrected chi connectivity index (χ2v) is 6.00. The van der Waals surface area contributed by atoms with E-state index in [-0.39, 0.29) is 12.5 Å². The van der Waals surface area contributed by atoms with E-state index in [0.717, 1.165) is 6.42 Å². The van der Waals surface area contributed by atoms with Crippen LogP contribution in [-0.2, 0) is 16.0 Å². The van der Waals surface area contributed by atoms with E-state index in [1.807, 2.05) is 31.2 Å². The van der Waals surface area contributed by atoms with Crippen molar-refractivity contribution in [3.8, 4) is 0 Å². The summed E-state index contributed by atoms with van der Waals surface area (Å²) in [6.07, 6.45) is 3.00. The molecule has 0 bridgehead atoms. The predicted octanol–water partition coefficient (Wildman–Crippen LogP) is 1.50.